The van der Waals surface area contributed by atoms with Gasteiger partial charge in [0.05, 0.1) is 22.6 Å². The Morgan fingerprint density at radius 1 is 0.607 bits per heavy atom. The molecule has 0 aliphatic rings. The zero-order valence-corrected chi connectivity index (χ0v) is 17.3. The lowest BCUT2D eigenvalue weighted by atomic mass is 10.2. The van der Waals surface area contributed by atoms with Crippen molar-refractivity contribution in [3.05, 3.63) is 60.7 Å². The van der Waals surface area contributed by atoms with Gasteiger partial charge in [0.15, 0.2) is 0 Å². The molecule has 0 spiro atoms. The molecule has 6 heteroatoms. The summed E-state index contributed by atoms with van der Waals surface area (Å²) >= 11 is 0. The summed E-state index contributed by atoms with van der Waals surface area (Å²) in [5.74, 6) is -1.71. The molecule has 2 amide bonds. The van der Waals surface area contributed by atoms with Crippen molar-refractivity contribution in [1.29, 1.82) is 0 Å². The van der Waals surface area contributed by atoms with Crippen molar-refractivity contribution in [2.75, 3.05) is 10.1 Å². The molecule has 28 heavy (non-hydrogen) atoms. The van der Waals surface area contributed by atoms with E-state index in [-0.39, 0.29) is 0 Å². The fourth-order valence-electron chi connectivity index (χ4n) is 2.27. The Hall–Kier alpha value is -2.70. The van der Waals surface area contributed by atoms with Crippen LogP contribution in [0.4, 0.5) is 11.4 Å². The van der Waals surface area contributed by atoms with Gasteiger partial charge >= 0.3 is 11.8 Å². The number of carbonyl (C=O) groups excluding carboxylic acids is 2. The van der Waals surface area contributed by atoms with Gasteiger partial charge in [0, 0.05) is 0 Å². The first-order chi connectivity index (χ1) is 13.0. The third-order valence-electron chi connectivity index (χ3n) is 3.26. The smallest absolute Gasteiger partial charge is 0.261 e. The summed E-state index contributed by atoms with van der Waals surface area (Å²) in [6.45, 7) is 10.8. The molecular formula is C22H28N2O4. The molecule has 2 aromatic carbocycles. The molecule has 150 valence electrons. The number of benzene rings is 2. The van der Waals surface area contributed by atoms with Crippen LogP contribution in [-0.4, -0.2) is 23.0 Å². The van der Waals surface area contributed by atoms with Crippen LogP contribution in [0.3, 0.4) is 0 Å². The van der Waals surface area contributed by atoms with E-state index in [1.807, 2.05) is 12.1 Å². The number of nitrogens with zero attached hydrogens (tertiary/aromatic N) is 2. The molecule has 0 aromatic heterocycles. The average Bonchev–Trinajstić information content (AvgIpc) is 2.63. The van der Waals surface area contributed by atoms with Crippen LogP contribution in [0.25, 0.3) is 0 Å². The van der Waals surface area contributed by atoms with E-state index >= 15 is 0 Å². The lowest BCUT2D eigenvalue weighted by Crippen LogP contribution is -2.50. The lowest BCUT2D eigenvalue weighted by Gasteiger charge is -2.33. The van der Waals surface area contributed by atoms with Gasteiger partial charge < -0.3 is 0 Å². The second-order valence-electron chi connectivity index (χ2n) is 8.28. The van der Waals surface area contributed by atoms with Crippen molar-refractivity contribution < 1.29 is 19.3 Å². The number of hydroxylamine groups is 2. The van der Waals surface area contributed by atoms with Gasteiger partial charge in [-0.15, -0.1) is 0 Å². The number of hydrogen-bond acceptors (Lipinski definition) is 4. The number of anilines is 2. The average molecular weight is 384 g/mol. The first kappa shape index (κ1) is 21.6. The Bertz CT molecular complexity index is 723. The zero-order chi connectivity index (χ0) is 20.9. The monoisotopic (exact) mass is 384 g/mol. The molecule has 6 nitrogen and oxygen atoms in total. The Morgan fingerprint density at radius 3 is 1.14 bits per heavy atom. The molecule has 0 radical (unpaired) electrons. The van der Waals surface area contributed by atoms with Crippen LogP contribution in [0.5, 0.6) is 0 Å². The molecule has 2 aromatic rings. The molecule has 0 N–H and O–H groups in total. The Kier molecular flexibility index (Phi) is 6.59. The topological polar surface area (TPSA) is 59.1 Å². The molecule has 0 bridgehead atoms. The maximum Gasteiger partial charge on any atom is 0.343 e. The zero-order valence-electron chi connectivity index (χ0n) is 17.3. The second-order valence-corrected chi connectivity index (χ2v) is 8.28. The minimum Gasteiger partial charge on any atom is -0.261 e. The molecule has 0 saturated carbocycles. The molecule has 2 rings (SSSR count). The highest BCUT2D eigenvalue weighted by atomic mass is 16.7. The SMILES string of the molecule is CC(C)(C)ON(C(=O)C(=O)N(OC(C)(C)C)c1ccccc1)c1ccccc1. The van der Waals surface area contributed by atoms with Gasteiger partial charge in [-0.2, -0.15) is 10.1 Å². The summed E-state index contributed by atoms with van der Waals surface area (Å²) in [7, 11) is 0. The molecule has 0 atom stereocenters. The van der Waals surface area contributed by atoms with Crippen LogP contribution in [0.2, 0.25) is 0 Å². The van der Waals surface area contributed by atoms with Gasteiger partial charge in [0.1, 0.15) is 0 Å². The van der Waals surface area contributed by atoms with Crippen molar-refractivity contribution in [2.24, 2.45) is 0 Å². The van der Waals surface area contributed by atoms with Gasteiger partial charge in [-0.3, -0.25) is 19.3 Å². The van der Waals surface area contributed by atoms with Crippen LogP contribution in [0.1, 0.15) is 41.5 Å². The Labute approximate surface area is 166 Å². The maximum absolute atomic E-state index is 13.2. The molecule has 0 saturated heterocycles. The van der Waals surface area contributed by atoms with Gasteiger partial charge in [-0.05, 0) is 65.8 Å². The summed E-state index contributed by atoms with van der Waals surface area (Å²) in [5, 5.41) is 2.04. The normalized spacial score (nSPS) is 11.8. The second kappa shape index (κ2) is 8.54. The van der Waals surface area contributed by atoms with E-state index in [9.17, 15) is 9.59 Å². The maximum atomic E-state index is 13.2. The van der Waals surface area contributed by atoms with E-state index in [0.717, 1.165) is 10.1 Å². The fraction of sp³-hybridized carbons (Fsp3) is 0.364. The highest BCUT2D eigenvalue weighted by Crippen LogP contribution is 2.24. The number of para-hydroxylation sites is 2. The molecule has 0 fully saturated rings. The fourth-order valence-corrected chi connectivity index (χ4v) is 2.27. The van der Waals surface area contributed by atoms with Crippen molar-refractivity contribution in [3.63, 3.8) is 0 Å². The summed E-state index contributed by atoms with van der Waals surface area (Å²) in [4.78, 5) is 37.9. The van der Waals surface area contributed by atoms with Crippen molar-refractivity contribution in [1.82, 2.24) is 0 Å². The van der Waals surface area contributed by atoms with Crippen LogP contribution >= 0.6 is 0 Å². The largest absolute Gasteiger partial charge is 0.343 e. The third kappa shape index (κ3) is 6.18. The quantitative estimate of drug-likeness (QED) is 0.575. The van der Waals surface area contributed by atoms with E-state index in [0.29, 0.717) is 11.4 Å². The van der Waals surface area contributed by atoms with Crippen molar-refractivity contribution in [2.45, 2.75) is 52.7 Å². The highest BCUT2D eigenvalue weighted by Gasteiger charge is 2.35. The number of hydrogen-bond donors (Lipinski definition) is 0. The first-order valence-corrected chi connectivity index (χ1v) is 9.15. The minimum atomic E-state index is -0.853. The standard InChI is InChI=1S/C22H28N2O4/c1-21(2,3)27-23(17-13-9-7-10-14-17)19(25)20(26)24(28-22(4,5)6)18-15-11-8-12-16-18/h7-16H,1-6H3. The van der Waals surface area contributed by atoms with Crippen molar-refractivity contribution >= 4 is 23.2 Å². The van der Waals surface area contributed by atoms with E-state index in [1.54, 1.807) is 90.1 Å². The molecule has 0 aliphatic heterocycles. The Balaban J connectivity index is 2.41. The van der Waals surface area contributed by atoms with Gasteiger partial charge in [-0.1, -0.05) is 36.4 Å². The summed E-state index contributed by atoms with van der Waals surface area (Å²) < 4.78 is 0. The third-order valence-corrected chi connectivity index (χ3v) is 3.26. The van der Waals surface area contributed by atoms with Crippen LogP contribution in [0.15, 0.2) is 60.7 Å². The predicted octanol–water partition coefficient (Wildman–Crippen LogP) is 4.51. The van der Waals surface area contributed by atoms with E-state index in [2.05, 4.69) is 0 Å². The van der Waals surface area contributed by atoms with Crippen molar-refractivity contribution in [3.8, 4) is 0 Å². The lowest BCUT2D eigenvalue weighted by molar-refractivity contribution is -0.151. The molecule has 0 aliphatic carbocycles. The first-order valence-electron chi connectivity index (χ1n) is 9.15. The summed E-state index contributed by atoms with van der Waals surface area (Å²) in [6, 6.07) is 17.5. The van der Waals surface area contributed by atoms with Crippen LogP contribution < -0.4 is 10.1 Å². The number of carbonyl (C=O) groups is 2. The highest BCUT2D eigenvalue weighted by molar-refractivity contribution is 6.43. The number of rotatable bonds is 4. The number of amides is 2. The van der Waals surface area contributed by atoms with Gasteiger partial charge in [0.2, 0.25) is 0 Å². The minimum absolute atomic E-state index is 0.458. The predicted molar refractivity (Wildman–Crippen MR) is 110 cm³/mol. The van der Waals surface area contributed by atoms with E-state index in [1.165, 1.54) is 0 Å². The van der Waals surface area contributed by atoms with E-state index < -0.39 is 23.0 Å². The van der Waals surface area contributed by atoms with Gasteiger partial charge in [-0.25, -0.2) is 0 Å². The van der Waals surface area contributed by atoms with Gasteiger partial charge in [0.25, 0.3) is 0 Å². The van der Waals surface area contributed by atoms with Crippen LogP contribution in [-0.2, 0) is 19.3 Å². The Morgan fingerprint density at radius 2 is 0.893 bits per heavy atom. The molecule has 0 heterocycles. The molecular weight excluding hydrogens is 356 g/mol. The van der Waals surface area contributed by atoms with Crippen LogP contribution in [0, 0.1) is 0 Å². The summed E-state index contributed by atoms with van der Waals surface area (Å²) in [6.07, 6.45) is 0. The van der Waals surface area contributed by atoms with E-state index in [4.69, 9.17) is 9.68 Å². The summed E-state index contributed by atoms with van der Waals surface area (Å²) in [5.41, 5.74) is -0.457. The molecule has 0 unspecified atom stereocenters.